The Kier molecular flexibility index (Phi) is 5.69. The van der Waals surface area contributed by atoms with Crippen molar-refractivity contribution in [2.24, 2.45) is 0 Å². The lowest BCUT2D eigenvalue weighted by atomic mass is 9.99. The second-order valence-electron chi connectivity index (χ2n) is 8.59. The molecule has 0 spiro atoms. The van der Waals surface area contributed by atoms with Crippen LogP contribution in [0.25, 0.3) is 11.0 Å². The second-order valence-corrected chi connectivity index (χ2v) is 8.59. The summed E-state index contributed by atoms with van der Waals surface area (Å²) in [6, 6.07) is 16.1. The van der Waals surface area contributed by atoms with E-state index in [0.29, 0.717) is 18.6 Å². The zero-order chi connectivity index (χ0) is 20.3. The molecule has 2 aromatic carbocycles. The van der Waals surface area contributed by atoms with Crippen molar-refractivity contribution >= 4 is 17.0 Å². The molecule has 158 valence electrons. The van der Waals surface area contributed by atoms with E-state index in [-0.39, 0.29) is 5.82 Å². The lowest BCUT2D eigenvalue weighted by molar-refractivity contribution is 0.134. The summed E-state index contributed by atoms with van der Waals surface area (Å²) in [4.78, 5) is 7.54. The Morgan fingerprint density at radius 3 is 2.60 bits per heavy atom. The highest BCUT2D eigenvalue weighted by molar-refractivity contribution is 5.78. The van der Waals surface area contributed by atoms with Crippen LogP contribution in [0.3, 0.4) is 0 Å². The third kappa shape index (κ3) is 4.20. The maximum Gasteiger partial charge on any atom is 0.204 e. The molecule has 1 atom stereocenters. The van der Waals surface area contributed by atoms with E-state index in [2.05, 4.69) is 32.2 Å². The van der Waals surface area contributed by atoms with E-state index in [0.717, 1.165) is 55.0 Å². The van der Waals surface area contributed by atoms with Gasteiger partial charge in [0.05, 0.1) is 17.6 Å². The smallest absolute Gasteiger partial charge is 0.204 e. The predicted octanol–water partition coefficient (Wildman–Crippen LogP) is 3.85. The molecule has 6 heteroatoms. The normalized spacial score (nSPS) is 21.2. The molecule has 5 nitrogen and oxygen atoms in total. The fraction of sp³-hybridized carbons (Fsp3) is 0.458. The van der Waals surface area contributed by atoms with Gasteiger partial charge in [-0.1, -0.05) is 24.3 Å². The number of nitrogens with zero attached hydrogens (tertiary/aromatic N) is 3. The third-order valence-corrected chi connectivity index (χ3v) is 6.56. The van der Waals surface area contributed by atoms with Gasteiger partial charge in [0.2, 0.25) is 5.95 Å². The first-order chi connectivity index (χ1) is 14.8. The van der Waals surface area contributed by atoms with Crippen LogP contribution in [0.4, 0.5) is 10.3 Å². The second kappa shape index (κ2) is 8.74. The van der Waals surface area contributed by atoms with Crippen LogP contribution >= 0.6 is 0 Å². The van der Waals surface area contributed by atoms with Gasteiger partial charge in [0.1, 0.15) is 5.82 Å². The van der Waals surface area contributed by atoms with Gasteiger partial charge in [-0.25, -0.2) is 9.37 Å². The quantitative estimate of drug-likeness (QED) is 0.674. The lowest BCUT2D eigenvalue weighted by Gasteiger charge is -2.39. The van der Waals surface area contributed by atoms with Crippen molar-refractivity contribution in [1.82, 2.24) is 19.8 Å². The maximum atomic E-state index is 13.3. The summed E-state index contributed by atoms with van der Waals surface area (Å²) in [5.41, 5.74) is 3.17. The number of fused-ring (bicyclic) bond motifs is 1. The number of para-hydroxylation sites is 2. The number of nitrogens with one attached hydrogen (secondary N) is 2. The molecular formula is C24H30FN5. The summed E-state index contributed by atoms with van der Waals surface area (Å²) in [5, 5.41) is 7.27. The van der Waals surface area contributed by atoms with Crippen LogP contribution < -0.4 is 10.6 Å². The highest BCUT2D eigenvalue weighted by atomic mass is 19.1. The first-order valence-corrected chi connectivity index (χ1v) is 11.2. The number of benzene rings is 2. The third-order valence-electron chi connectivity index (χ3n) is 6.56. The number of rotatable bonds is 5. The van der Waals surface area contributed by atoms with Crippen molar-refractivity contribution in [2.75, 3.05) is 31.5 Å². The van der Waals surface area contributed by atoms with Gasteiger partial charge in [-0.3, -0.25) is 4.90 Å². The monoisotopic (exact) mass is 407 g/mol. The molecule has 30 heavy (non-hydrogen) atoms. The molecule has 3 heterocycles. The molecule has 1 aromatic heterocycles. The SMILES string of the molecule is Fc1ccc(Cn2c(NC3CCN(C4CCCNC4)CC3)nc3ccccc32)cc1. The molecule has 1 unspecified atom stereocenters. The lowest BCUT2D eigenvalue weighted by Crippen LogP contribution is -2.50. The van der Waals surface area contributed by atoms with E-state index in [1.165, 1.54) is 31.5 Å². The number of halogens is 1. The summed E-state index contributed by atoms with van der Waals surface area (Å²) in [7, 11) is 0. The minimum atomic E-state index is -0.201. The van der Waals surface area contributed by atoms with Crippen molar-refractivity contribution in [2.45, 2.75) is 44.3 Å². The molecule has 2 aliphatic rings. The zero-order valence-corrected chi connectivity index (χ0v) is 17.4. The highest BCUT2D eigenvalue weighted by Gasteiger charge is 2.27. The Hall–Kier alpha value is -2.44. The van der Waals surface area contributed by atoms with Crippen molar-refractivity contribution < 1.29 is 4.39 Å². The first kappa shape index (κ1) is 19.5. The van der Waals surface area contributed by atoms with Crippen molar-refractivity contribution in [3.8, 4) is 0 Å². The number of likely N-dealkylation sites (tertiary alicyclic amines) is 1. The molecule has 3 aromatic rings. The van der Waals surface area contributed by atoms with Gasteiger partial charge in [0.25, 0.3) is 0 Å². The van der Waals surface area contributed by atoms with Crippen molar-refractivity contribution in [3.63, 3.8) is 0 Å². The fourth-order valence-corrected chi connectivity index (χ4v) is 4.85. The summed E-state index contributed by atoms with van der Waals surface area (Å²) in [6.45, 7) is 5.25. The molecule has 2 N–H and O–H groups in total. The zero-order valence-electron chi connectivity index (χ0n) is 17.4. The Balaban J connectivity index is 1.31. The standard InChI is InChI=1S/C24H30FN5/c25-19-9-7-18(8-10-19)17-30-23-6-2-1-5-22(23)28-24(30)27-20-11-14-29(15-12-20)21-4-3-13-26-16-21/h1-2,5-10,20-21,26H,3-4,11-17H2,(H,27,28). The number of piperidine rings is 2. The van der Waals surface area contributed by atoms with E-state index in [1.54, 1.807) is 0 Å². The van der Waals surface area contributed by atoms with Gasteiger partial charge in [0.15, 0.2) is 0 Å². The van der Waals surface area contributed by atoms with E-state index in [9.17, 15) is 4.39 Å². The van der Waals surface area contributed by atoms with Crippen molar-refractivity contribution in [3.05, 3.63) is 59.9 Å². The molecule has 2 aliphatic heterocycles. The van der Waals surface area contributed by atoms with Gasteiger partial charge < -0.3 is 15.2 Å². The summed E-state index contributed by atoms with van der Waals surface area (Å²) in [6.07, 6.45) is 4.88. The molecule has 0 amide bonds. The van der Waals surface area contributed by atoms with Gasteiger partial charge in [-0.15, -0.1) is 0 Å². The minimum absolute atomic E-state index is 0.201. The van der Waals surface area contributed by atoms with Gasteiger partial charge in [0, 0.05) is 31.7 Å². The number of hydrogen-bond acceptors (Lipinski definition) is 4. The van der Waals surface area contributed by atoms with Gasteiger partial charge in [-0.2, -0.15) is 0 Å². The van der Waals surface area contributed by atoms with Crippen LogP contribution in [0.2, 0.25) is 0 Å². The van der Waals surface area contributed by atoms with Gasteiger partial charge >= 0.3 is 0 Å². The molecule has 0 saturated carbocycles. The fourth-order valence-electron chi connectivity index (χ4n) is 4.85. The first-order valence-electron chi connectivity index (χ1n) is 11.2. The Morgan fingerprint density at radius 1 is 1.03 bits per heavy atom. The average Bonchev–Trinajstić information content (AvgIpc) is 3.13. The Morgan fingerprint density at radius 2 is 1.83 bits per heavy atom. The molecule has 2 fully saturated rings. The van der Waals surface area contributed by atoms with E-state index in [1.807, 2.05) is 24.3 Å². The highest BCUT2D eigenvalue weighted by Crippen LogP contribution is 2.25. The molecule has 0 bridgehead atoms. The molecule has 0 radical (unpaired) electrons. The number of hydrogen-bond donors (Lipinski definition) is 2. The van der Waals surface area contributed by atoms with Crippen molar-refractivity contribution in [1.29, 1.82) is 0 Å². The minimum Gasteiger partial charge on any atom is -0.353 e. The van der Waals surface area contributed by atoms with E-state index < -0.39 is 0 Å². The Labute approximate surface area is 177 Å². The summed E-state index contributed by atoms with van der Waals surface area (Å²) < 4.78 is 15.6. The van der Waals surface area contributed by atoms with Crippen LogP contribution in [0.5, 0.6) is 0 Å². The van der Waals surface area contributed by atoms with Crippen LogP contribution in [0, 0.1) is 5.82 Å². The van der Waals surface area contributed by atoms with Crippen LogP contribution in [0.1, 0.15) is 31.2 Å². The average molecular weight is 408 g/mol. The number of anilines is 1. The number of aromatic nitrogens is 2. The van der Waals surface area contributed by atoms with Crippen LogP contribution in [0.15, 0.2) is 48.5 Å². The largest absolute Gasteiger partial charge is 0.353 e. The van der Waals surface area contributed by atoms with Crippen LogP contribution in [-0.2, 0) is 6.54 Å². The molecular weight excluding hydrogens is 377 g/mol. The van der Waals surface area contributed by atoms with Crippen LogP contribution in [-0.4, -0.2) is 52.7 Å². The number of imidazole rings is 1. The predicted molar refractivity (Wildman–Crippen MR) is 119 cm³/mol. The topological polar surface area (TPSA) is 45.1 Å². The molecule has 0 aliphatic carbocycles. The molecule has 5 rings (SSSR count). The summed E-state index contributed by atoms with van der Waals surface area (Å²) in [5.74, 6) is 0.714. The molecule has 2 saturated heterocycles. The van der Waals surface area contributed by atoms with E-state index >= 15 is 0 Å². The van der Waals surface area contributed by atoms with Gasteiger partial charge in [-0.05, 0) is 62.1 Å². The maximum absolute atomic E-state index is 13.3. The van der Waals surface area contributed by atoms with E-state index in [4.69, 9.17) is 4.98 Å². The Bertz CT molecular complexity index is 969. The summed E-state index contributed by atoms with van der Waals surface area (Å²) >= 11 is 0.